The minimum absolute atomic E-state index is 0.787. The van der Waals surface area contributed by atoms with Gasteiger partial charge in [-0.15, -0.1) is 0 Å². The largest absolute Gasteiger partial charge is 0.310 e. The van der Waals surface area contributed by atoms with E-state index in [0.717, 1.165) is 76.7 Å². The Balaban J connectivity index is 1.48. The van der Waals surface area contributed by atoms with E-state index in [2.05, 4.69) is 120 Å². The Bertz CT molecular complexity index is 2620. The second kappa shape index (κ2) is 12.9. The van der Waals surface area contributed by atoms with Crippen LogP contribution in [0.2, 0.25) is 0 Å². The molecular formula is C47H33N2OP. The molecule has 242 valence electrons. The Morgan fingerprint density at radius 2 is 0.922 bits per heavy atom. The molecule has 0 aliphatic rings. The minimum Gasteiger partial charge on any atom is -0.310 e. The van der Waals surface area contributed by atoms with Crippen molar-refractivity contribution in [3.8, 4) is 11.3 Å². The molecule has 0 radical (unpaired) electrons. The first-order valence-electron chi connectivity index (χ1n) is 17.2. The van der Waals surface area contributed by atoms with Gasteiger partial charge in [-0.2, -0.15) is 0 Å². The number of rotatable bonds is 7. The highest BCUT2D eigenvalue weighted by Crippen LogP contribution is 2.49. The minimum atomic E-state index is -3.37. The van der Waals surface area contributed by atoms with E-state index in [1.807, 2.05) is 84.9 Å². The molecule has 0 spiro atoms. The van der Waals surface area contributed by atoms with Gasteiger partial charge in [-0.3, -0.25) is 0 Å². The van der Waals surface area contributed by atoms with Gasteiger partial charge in [0, 0.05) is 54.4 Å². The summed E-state index contributed by atoms with van der Waals surface area (Å²) in [7, 11) is -3.37. The van der Waals surface area contributed by atoms with Gasteiger partial charge in [0.15, 0.2) is 7.14 Å². The van der Waals surface area contributed by atoms with Crippen molar-refractivity contribution in [1.82, 2.24) is 4.98 Å². The summed E-state index contributed by atoms with van der Waals surface area (Å²) in [6.45, 7) is 0. The van der Waals surface area contributed by atoms with Crippen molar-refractivity contribution in [2.24, 2.45) is 0 Å². The summed E-state index contributed by atoms with van der Waals surface area (Å²) < 4.78 is 16.1. The first kappa shape index (κ1) is 30.8. The zero-order valence-electron chi connectivity index (χ0n) is 27.8. The Kier molecular flexibility index (Phi) is 7.76. The number of hydrogen-bond donors (Lipinski definition) is 0. The van der Waals surface area contributed by atoms with Crippen LogP contribution < -0.4 is 20.8 Å². The number of benzene rings is 8. The number of aromatic nitrogens is 1. The Labute approximate surface area is 297 Å². The molecule has 0 bridgehead atoms. The first-order valence-corrected chi connectivity index (χ1v) is 18.9. The first-order chi connectivity index (χ1) is 25.2. The fourth-order valence-electron chi connectivity index (χ4n) is 7.42. The summed E-state index contributed by atoms with van der Waals surface area (Å²) in [5.41, 5.74) is 5.88. The number of hydrogen-bond acceptors (Lipinski definition) is 3. The van der Waals surface area contributed by atoms with Gasteiger partial charge >= 0.3 is 0 Å². The smallest absolute Gasteiger partial charge is 0.171 e. The highest BCUT2D eigenvalue weighted by Gasteiger charge is 2.33. The molecule has 0 unspecified atom stereocenters. The molecule has 51 heavy (non-hydrogen) atoms. The molecule has 9 rings (SSSR count). The van der Waals surface area contributed by atoms with Crippen LogP contribution in [-0.2, 0) is 4.57 Å². The quantitative estimate of drug-likeness (QED) is 0.125. The molecule has 0 aliphatic carbocycles. The lowest BCUT2D eigenvalue weighted by molar-refractivity contribution is 0.592. The summed E-state index contributed by atoms with van der Waals surface area (Å²) in [5, 5.41) is 7.50. The van der Waals surface area contributed by atoms with Crippen LogP contribution in [0.3, 0.4) is 0 Å². The van der Waals surface area contributed by atoms with Gasteiger partial charge in [-0.1, -0.05) is 164 Å². The molecule has 9 aromatic rings. The molecule has 0 amide bonds. The fourth-order valence-corrected chi connectivity index (χ4v) is 10.3. The Morgan fingerprint density at radius 1 is 0.431 bits per heavy atom. The van der Waals surface area contributed by atoms with Crippen molar-refractivity contribution in [2.75, 3.05) is 4.90 Å². The zero-order chi connectivity index (χ0) is 34.2. The van der Waals surface area contributed by atoms with E-state index >= 15 is 4.57 Å². The third kappa shape index (κ3) is 5.22. The van der Waals surface area contributed by atoms with Crippen LogP contribution in [0.15, 0.2) is 200 Å². The van der Waals surface area contributed by atoms with Gasteiger partial charge in [0.1, 0.15) is 0 Å². The molecule has 0 atom stereocenters. The lowest BCUT2D eigenvalue weighted by atomic mass is 9.93. The number of anilines is 3. The fraction of sp³-hybridized carbons (Fsp3) is 0. The van der Waals surface area contributed by atoms with Gasteiger partial charge in [-0.25, -0.2) is 4.98 Å². The van der Waals surface area contributed by atoms with Crippen LogP contribution in [0.1, 0.15) is 0 Å². The SMILES string of the molecule is O=P(c1ccccc1)(c1ccccc1)c1cccc2nc(-c3ccccc3)c3cc(N(c4ccccc4)c4ccccc4)c4ccccc4c3c12. The van der Waals surface area contributed by atoms with E-state index in [4.69, 9.17) is 4.98 Å². The lowest BCUT2D eigenvalue weighted by Crippen LogP contribution is -2.25. The topological polar surface area (TPSA) is 33.2 Å². The number of fused-ring (bicyclic) bond motifs is 5. The molecule has 8 aromatic carbocycles. The standard InChI is InChI=1S/C47H33N2OP/c50-51(37-25-12-4-13-26-37,38-27-14-5-15-28-38)44-32-18-31-42-46(44)45-40-30-17-16-29-39(40)43(33-41(45)47(48-42)34-19-6-1-7-20-34)49(35-21-8-2-9-22-35)36-23-10-3-11-24-36/h1-33H. The van der Waals surface area contributed by atoms with Crippen molar-refractivity contribution in [1.29, 1.82) is 0 Å². The maximum atomic E-state index is 16.1. The van der Waals surface area contributed by atoms with Gasteiger partial charge < -0.3 is 9.46 Å². The highest BCUT2D eigenvalue weighted by molar-refractivity contribution is 7.85. The molecule has 0 aliphatic heterocycles. The van der Waals surface area contributed by atoms with Crippen molar-refractivity contribution in [3.05, 3.63) is 200 Å². The summed E-state index contributed by atoms with van der Waals surface area (Å²) in [6.07, 6.45) is 0. The van der Waals surface area contributed by atoms with Crippen LogP contribution >= 0.6 is 7.14 Å². The molecular weight excluding hydrogens is 640 g/mol. The van der Waals surface area contributed by atoms with Crippen molar-refractivity contribution in [2.45, 2.75) is 0 Å². The Morgan fingerprint density at radius 3 is 1.49 bits per heavy atom. The molecule has 1 aromatic heterocycles. The van der Waals surface area contributed by atoms with E-state index in [-0.39, 0.29) is 0 Å². The maximum absolute atomic E-state index is 16.1. The number of pyridine rings is 1. The maximum Gasteiger partial charge on any atom is 0.171 e. The van der Waals surface area contributed by atoms with E-state index in [0.29, 0.717) is 0 Å². The predicted octanol–water partition coefficient (Wildman–Crippen LogP) is 11.3. The van der Waals surface area contributed by atoms with Crippen LogP contribution in [0, 0.1) is 0 Å². The van der Waals surface area contributed by atoms with Crippen LogP contribution in [-0.4, -0.2) is 4.98 Å². The summed E-state index contributed by atoms with van der Waals surface area (Å²) in [5.74, 6) is 0. The summed E-state index contributed by atoms with van der Waals surface area (Å²) in [4.78, 5) is 7.77. The second-order valence-corrected chi connectivity index (χ2v) is 15.4. The molecule has 0 fully saturated rings. The molecule has 0 saturated heterocycles. The number of nitrogens with zero attached hydrogens (tertiary/aromatic N) is 2. The monoisotopic (exact) mass is 672 g/mol. The van der Waals surface area contributed by atoms with E-state index in [1.165, 1.54) is 0 Å². The van der Waals surface area contributed by atoms with Gasteiger partial charge in [0.2, 0.25) is 0 Å². The van der Waals surface area contributed by atoms with Crippen LogP contribution in [0.25, 0.3) is 43.7 Å². The van der Waals surface area contributed by atoms with Gasteiger partial charge in [-0.05, 0) is 41.8 Å². The third-order valence-corrected chi connectivity index (χ3v) is 12.8. The molecule has 4 heteroatoms. The summed E-state index contributed by atoms with van der Waals surface area (Å²) >= 11 is 0. The van der Waals surface area contributed by atoms with Crippen molar-refractivity contribution in [3.63, 3.8) is 0 Å². The number of para-hydroxylation sites is 2. The van der Waals surface area contributed by atoms with E-state index in [1.54, 1.807) is 0 Å². The average molecular weight is 673 g/mol. The zero-order valence-corrected chi connectivity index (χ0v) is 28.7. The molecule has 0 N–H and O–H groups in total. The van der Waals surface area contributed by atoms with Crippen LogP contribution in [0.4, 0.5) is 17.1 Å². The molecule has 1 heterocycles. The third-order valence-electron chi connectivity index (χ3n) is 9.68. The highest BCUT2D eigenvalue weighted by atomic mass is 31.2. The molecule has 3 nitrogen and oxygen atoms in total. The van der Waals surface area contributed by atoms with E-state index < -0.39 is 7.14 Å². The van der Waals surface area contributed by atoms with E-state index in [9.17, 15) is 0 Å². The normalized spacial score (nSPS) is 11.6. The van der Waals surface area contributed by atoms with Crippen molar-refractivity contribution < 1.29 is 4.57 Å². The lowest BCUT2D eigenvalue weighted by Gasteiger charge is -2.28. The second-order valence-electron chi connectivity index (χ2n) is 12.6. The average Bonchev–Trinajstić information content (AvgIpc) is 3.22. The Hall–Kier alpha value is -6.28. The van der Waals surface area contributed by atoms with Crippen LogP contribution in [0.5, 0.6) is 0 Å². The molecule has 0 saturated carbocycles. The van der Waals surface area contributed by atoms with Gasteiger partial charge in [0.25, 0.3) is 0 Å². The van der Waals surface area contributed by atoms with Crippen molar-refractivity contribution >= 4 is 72.6 Å². The predicted molar refractivity (Wildman–Crippen MR) is 216 cm³/mol. The van der Waals surface area contributed by atoms with Gasteiger partial charge in [0.05, 0.1) is 16.9 Å². The summed E-state index contributed by atoms with van der Waals surface area (Å²) in [6, 6.07) is 68.3.